The molecule has 1 aliphatic rings. The Morgan fingerprint density at radius 2 is 2.50 bits per heavy atom. The van der Waals surface area contributed by atoms with Gasteiger partial charge in [-0.05, 0) is 6.92 Å². The first kappa shape index (κ1) is 10.2. The van der Waals surface area contributed by atoms with Gasteiger partial charge in [0, 0.05) is 24.5 Å². The highest BCUT2D eigenvalue weighted by Crippen LogP contribution is 2.09. The van der Waals surface area contributed by atoms with Crippen molar-refractivity contribution in [1.29, 1.82) is 0 Å². The summed E-state index contributed by atoms with van der Waals surface area (Å²) < 4.78 is 5.34. The molecule has 1 unspecified atom stereocenters. The fourth-order valence-corrected chi connectivity index (χ4v) is 1.50. The molecule has 0 bridgehead atoms. The minimum absolute atomic E-state index is 0.537. The van der Waals surface area contributed by atoms with E-state index < -0.39 is 0 Å². The van der Waals surface area contributed by atoms with Crippen LogP contribution in [0.3, 0.4) is 0 Å². The third kappa shape index (κ3) is 2.88. The summed E-state index contributed by atoms with van der Waals surface area (Å²) in [5.74, 6) is 0. The molecule has 70 valence electrons. The molecule has 0 aromatic carbocycles. The van der Waals surface area contributed by atoms with Crippen LogP contribution in [0.1, 0.15) is 6.92 Å². The number of ether oxygens (including phenoxy) is 1. The molecule has 1 aliphatic heterocycles. The fourth-order valence-electron chi connectivity index (χ4n) is 1.33. The largest absolute Gasteiger partial charge is 0.379 e. The Morgan fingerprint density at radius 1 is 1.75 bits per heavy atom. The maximum absolute atomic E-state index is 5.34. The summed E-state index contributed by atoms with van der Waals surface area (Å²) in [7, 11) is 0. The van der Waals surface area contributed by atoms with Crippen LogP contribution in [-0.4, -0.2) is 42.6 Å². The Kier molecular flexibility index (Phi) is 4.26. The lowest BCUT2D eigenvalue weighted by atomic mass is 10.2. The van der Waals surface area contributed by atoms with Crippen molar-refractivity contribution in [2.24, 2.45) is 0 Å². The summed E-state index contributed by atoms with van der Waals surface area (Å²) in [4.78, 5) is 2.41. The number of alkyl halides is 1. The topological polar surface area (TPSA) is 12.5 Å². The molecule has 3 heteroatoms. The van der Waals surface area contributed by atoms with E-state index >= 15 is 0 Å². The second-order valence-electron chi connectivity index (χ2n) is 3.28. The van der Waals surface area contributed by atoms with Crippen LogP contribution < -0.4 is 0 Å². The van der Waals surface area contributed by atoms with Gasteiger partial charge >= 0.3 is 0 Å². The lowest BCUT2D eigenvalue weighted by Crippen LogP contribution is -2.44. The van der Waals surface area contributed by atoms with Crippen molar-refractivity contribution in [2.45, 2.75) is 13.0 Å². The van der Waals surface area contributed by atoms with Crippen LogP contribution in [0.5, 0.6) is 0 Å². The molecule has 0 aromatic rings. The van der Waals surface area contributed by atoms with Crippen LogP contribution in [0.15, 0.2) is 12.2 Å². The summed E-state index contributed by atoms with van der Waals surface area (Å²) in [6, 6.07) is 0.537. The Bertz CT molecular complexity index is 161. The van der Waals surface area contributed by atoms with Crippen molar-refractivity contribution in [1.82, 2.24) is 4.90 Å². The molecule has 0 aromatic heterocycles. The number of halogens is 1. The number of morpholine rings is 1. The molecule has 1 atom stereocenters. The number of nitrogens with zero attached hydrogens (tertiary/aromatic N) is 1. The number of rotatable bonds is 3. The minimum Gasteiger partial charge on any atom is -0.379 e. The predicted octanol–water partition coefficient (Wildman–Crippen LogP) is 1.66. The highest BCUT2D eigenvalue weighted by Gasteiger charge is 2.18. The first-order chi connectivity index (χ1) is 5.74. The highest BCUT2D eigenvalue weighted by atomic mass is 79.9. The molecule has 0 aliphatic carbocycles. The van der Waals surface area contributed by atoms with Crippen LogP contribution >= 0.6 is 15.9 Å². The van der Waals surface area contributed by atoms with E-state index in [1.807, 2.05) is 0 Å². The van der Waals surface area contributed by atoms with Crippen molar-refractivity contribution in [3.8, 4) is 0 Å². The van der Waals surface area contributed by atoms with Crippen LogP contribution in [-0.2, 0) is 4.74 Å². The standard InChI is InChI=1S/C9H16BrNO/c1-8(5-10)6-11-3-4-12-7-9(11)2/h9H,1,3-7H2,2H3. The van der Waals surface area contributed by atoms with Gasteiger partial charge in [0.25, 0.3) is 0 Å². The van der Waals surface area contributed by atoms with Crippen molar-refractivity contribution in [3.05, 3.63) is 12.2 Å². The normalized spacial score (nSPS) is 25.7. The quantitative estimate of drug-likeness (QED) is 0.544. The van der Waals surface area contributed by atoms with Crippen LogP contribution in [0.2, 0.25) is 0 Å². The predicted molar refractivity (Wildman–Crippen MR) is 54.8 cm³/mol. The average Bonchev–Trinajstić information content (AvgIpc) is 2.09. The lowest BCUT2D eigenvalue weighted by Gasteiger charge is -2.33. The smallest absolute Gasteiger partial charge is 0.0619 e. The minimum atomic E-state index is 0.537. The van der Waals surface area contributed by atoms with E-state index in [1.165, 1.54) is 5.57 Å². The van der Waals surface area contributed by atoms with E-state index in [1.54, 1.807) is 0 Å². The van der Waals surface area contributed by atoms with Gasteiger partial charge in [-0.1, -0.05) is 28.1 Å². The third-order valence-electron chi connectivity index (χ3n) is 2.12. The van der Waals surface area contributed by atoms with Gasteiger partial charge in [0.1, 0.15) is 0 Å². The van der Waals surface area contributed by atoms with E-state index in [9.17, 15) is 0 Å². The van der Waals surface area contributed by atoms with E-state index in [0.717, 1.165) is 31.6 Å². The Balaban J connectivity index is 2.33. The Labute approximate surface area is 82.7 Å². The van der Waals surface area contributed by atoms with Gasteiger partial charge in [-0.3, -0.25) is 4.90 Å². The van der Waals surface area contributed by atoms with Gasteiger partial charge in [-0.15, -0.1) is 0 Å². The van der Waals surface area contributed by atoms with Crippen molar-refractivity contribution in [2.75, 3.05) is 31.6 Å². The molecule has 12 heavy (non-hydrogen) atoms. The molecule has 0 radical (unpaired) electrons. The van der Waals surface area contributed by atoms with Gasteiger partial charge in [-0.2, -0.15) is 0 Å². The Hall–Kier alpha value is 0.140. The van der Waals surface area contributed by atoms with Crippen LogP contribution in [0.4, 0.5) is 0 Å². The molecule has 1 fully saturated rings. The first-order valence-corrected chi connectivity index (χ1v) is 5.40. The third-order valence-corrected chi connectivity index (χ3v) is 2.91. The average molecular weight is 234 g/mol. The van der Waals surface area contributed by atoms with Crippen molar-refractivity contribution < 1.29 is 4.74 Å². The second-order valence-corrected chi connectivity index (χ2v) is 3.84. The van der Waals surface area contributed by atoms with Gasteiger partial charge in [-0.25, -0.2) is 0 Å². The molecule has 0 N–H and O–H groups in total. The van der Waals surface area contributed by atoms with Crippen LogP contribution in [0, 0.1) is 0 Å². The zero-order valence-corrected chi connectivity index (χ0v) is 9.14. The van der Waals surface area contributed by atoms with E-state index in [2.05, 4.69) is 34.3 Å². The second kappa shape index (κ2) is 5.00. The molecule has 1 heterocycles. The summed E-state index contributed by atoms with van der Waals surface area (Å²) in [6.07, 6.45) is 0. The summed E-state index contributed by atoms with van der Waals surface area (Å²) in [5, 5.41) is 0.900. The first-order valence-electron chi connectivity index (χ1n) is 4.28. The SMILES string of the molecule is C=C(CBr)CN1CCOCC1C. The monoisotopic (exact) mass is 233 g/mol. The maximum atomic E-state index is 5.34. The molecule has 2 nitrogen and oxygen atoms in total. The maximum Gasteiger partial charge on any atom is 0.0619 e. The fraction of sp³-hybridized carbons (Fsp3) is 0.778. The van der Waals surface area contributed by atoms with Crippen LogP contribution in [0.25, 0.3) is 0 Å². The highest BCUT2D eigenvalue weighted by molar-refractivity contribution is 9.09. The molecule has 1 saturated heterocycles. The molecular formula is C9H16BrNO. The zero-order chi connectivity index (χ0) is 8.97. The number of hydrogen-bond acceptors (Lipinski definition) is 2. The lowest BCUT2D eigenvalue weighted by molar-refractivity contribution is 0.00449. The summed E-state index contributed by atoms with van der Waals surface area (Å²) >= 11 is 3.40. The molecule has 0 amide bonds. The summed E-state index contributed by atoms with van der Waals surface area (Å²) in [6.45, 7) is 9.92. The van der Waals surface area contributed by atoms with Gasteiger partial charge in [0.15, 0.2) is 0 Å². The Morgan fingerprint density at radius 3 is 3.08 bits per heavy atom. The summed E-state index contributed by atoms with van der Waals surface area (Å²) in [5.41, 5.74) is 1.24. The number of hydrogen-bond donors (Lipinski definition) is 0. The zero-order valence-electron chi connectivity index (χ0n) is 7.55. The van der Waals surface area contributed by atoms with Crippen molar-refractivity contribution in [3.63, 3.8) is 0 Å². The van der Waals surface area contributed by atoms with Gasteiger partial charge in [0.05, 0.1) is 13.2 Å². The molecule has 0 saturated carbocycles. The van der Waals surface area contributed by atoms with Crippen molar-refractivity contribution >= 4 is 15.9 Å². The van der Waals surface area contributed by atoms with Gasteiger partial charge in [0.2, 0.25) is 0 Å². The molecular weight excluding hydrogens is 218 g/mol. The van der Waals surface area contributed by atoms with Gasteiger partial charge < -0.3 is 4.74 Å². The van der Waals surface area contributed by atoms with E-state index in [-0.39, 0.29) is 0 Å². The van der Waals surface area contributed by atoms with E-state index in [4.69, 9.17) is 4.74 Å². The van der Waals surface area contributed by atoms with E-state index in [0.29, 0.717) is 6.04 Å². The molecule has 0 spiro atoms. The molecule has 1 rings (SSSR count).